The third-order valence-electron chi connectivity index (χ3n) is 2.46. The number of rotatable bonds is 6. The lowest BCUT2D eigenvalue weighted by Crippen LogP contribution is -2.15. The Morgan fingerprint density at radius 1 is 1.44 bits per heavy atom. The van der Waals surface area contributed by atoms with Crippen LogP contribution in [-0.2, 0) is 9.53 Å². The van der Waals surface area contributed by atoms with Gasteiger partial charge in [-0.25, -0.2) is 0 Å². The van der Waals surface area contributed by atoms with Gasteiger partial charge >= 0.3 is 0 Å². The first-order valence-electron chi connectivity index (χ1n) is 6.05. The molecule has 1 rings (SSSR count). The van der Waals surface area contributed by atoms with Crippen molar-refractivity contribution in [3.63, 3.8) is 0 Å². The van der Waals surface area contributed by atoms with Gasteiger partial charge in [0.05, 0.1) is 24.7 Å². The van der Waals surface area contributed by atoms with Crippen molar-refractivity contribution in [2.45, 2.75) is 26.7 Å². The van der Waals surface area contributed by atoms with Gasteiger partial charge in [-0.15, -0.1) is 0 Å². The third-order valence-corrected chi connectivity index (χ3v) is 2.46. The first-order chi connectivity index (χ1) is 8.67. The fraction of sp³-hybridized carbons (Fsp3) is 0.429. The van der Waals surface area contributed by atoms with Crippen molar-refractivity contribution >= 4 is 11.6 Å². The lowest BCUT2D eigenvalue weighted by Gasteiger charge is -2.08. The summed E-state index contributed by atoms with van der Waals surface area (Å²) in [6.45, 7) is 5.02. The zero-order valence-corrected chi connectivity index (χ0v) is 10.8. The van der Waals surface area contributed by atoms with Crippen LogP contribution < -0.4 is 5.32 Å². The minimum absolute atomic E-state index is 0.0932. The molecule has 18 heavy (non-hydrogen) atoms. The van der Waals surface area contributed by atoms with Crippen LogP contribution in [0.2, 0.25) is 0 Å². The van der Waals surface area contributed by atoms with Gasteiger partial charge in [-0.3, -0.25) is 4.79 Å². The van der Waals surface area contributed by atoms with Crippen molar-refractivity contribution in [3.05, 3.63) is 29.3 Å². The minimum atomic E-state index is -0.0932. The number of nitrogens with one attached hydrogen (secondary N) is 1. The normalized spacial score (nSPS) is 9.83. The first kappa shape index (κ1) is 14.2. The number of nitrogens with zero attached hydrogens (tertiary/aromatic N) is 1. The van der Waals surface area contributed by atoms with Crippen molar-refractivity contribution in [2.75, 3.05) is 18.5 Å². The number of aryl methyl sites for hydroxylation is 1. The Morgan fingerprint density at radius 3 is 2.89 bits per heavy atom. The van der Waals surface area contributed by atoms with Gasteiger partial charge in [0.1, 0.15) is 0 Å². The molecule has 0 aliphatic rings. The van der Waals surface area contributed by atoms with E-state index in [2.05, 4.69) is 11.4 Å². The van der Waals surface area contributed by atoms with E-state index in [0.717, 1.165) is 12.0 Å². The first-order valence-corrected chi connectivity index (χ1v) is 6.05. The van der Waals surface area contributed by atoms with Crippen LogP contribution in [0.5, 0.6) is 0 Å². The summed E-state index contributed by atoms with van der Waals surface area (Å²) in [5.74, 6) is -0.0932. The molecule has 0 aliphatic heterocycles. The lowest BCUT2D eigenvalue weighted by atomic mass is 10.1. The molecule has 0 heterocycles. The van der Waals surface area contributed by atoms with Crippen LogP contribution in [0.3, 0.4) is 0 Å². The summed E-state index contributed by atoms with van der Waals surface area (Å²) < 4.78 is 5.25. The van der Waals surface area contributed by atoms with Gasteiger partial charge in [0.25, 0.3) is 0 Å². The van der Waals surface area contributed by atoms with Crippen LogP contribution in [0.25, 0.3) is 0 Å². The van der Waals surface area contributed by atoms with E-state index in [1.54, 1.807) is 12.1 Å². The number of nitriles is 1. The molecule has 0 aliphatic carbocycles. The number of anilines is 1. The predicted octanol–water partition coefficient (Wildman–Crippen LogP) is 2.62. The summed E-state index contributed by atoms with van der Waals surface area (Å²) in [5.41, 5.74) is 2.17. The molecule has 1 N–H and O–H groups in total. The summed E-state index contributed by atoms with van der Waals surface area (Å²) in [6.07, 6.45) is 1.28. The van der Waals surface area contributed by atoms with E-state index >= 15 is 0 Å². The molecule has 0 fully saturated rings. The van der Waals surface area contributed by atoms with Crippen LogP contribution in [0.4, 0.5) is 5.69 Å². The Kier molecular flexibility index (Phi) is 5.89. The zero-order chi connectivity index (χ0) is 13.4. The highest BCUT2D eigenvalue weighted by atomic mass is 16.5. The lowest BCUT2D eigenvalue weighted by molar-refractivity contribution is -0.117. The summed E-state index contributed by atoms with van der Waals surface area (Å²) in [7, 11) is 0. The molecule has 0 spiro atoms. The number of carbonyl (C=O) groups excluding carboxylic acids is 1. The van der Waals surface area contributed by atoms with Crippen LogP contribution >= 0.6 is 0 Å². The minimum Gasteiger partial charge on any atom is -0.381 e. The van der Waals surface area contributed by atoms with Crippen LogP contribution in [-0.4, -0.2) is 19.1 Å². The van der Waals surface area contributed by atoms with Gasteiger partial charge in [-0.05, 0) is 31.0 Å². The second-order valence-electron chi connectivity index (χ2n) is 4.05. The van der Waals surface area contributed by atoms with Gasteiger partial charge in [0, 0.05) is 12.3 Å². The highest BCUT2D eigenvalue weighted by Crippen LogP contribution is 2.16. The standard InChI is InChI=1S/C14H18N2O2/c1-3-7-18-8-6-14(17)16-13-9-12(10-15)5-4-11(13)2/h4-5,9H,3,6-8H2,1-2H3,(H,16,17). The Balaban J connectivity index is 2.51. The van der Waals surface area contributed by atoms with E-state index in [1.807, 2.05) is 19.9 Å². The summed E-state index contributed by atoms with van der Waals surface area (Å²) in [4.78, 5) is 11.7. The fourth-order valence-electron chi connectivity index (χ4n) is 1.45. The Hall–Kier alpha value is -1.86. The van der Waals surface area contributed by atoms with Gasteiger partial charge in [-0.2, -0.15) is 5.26 Å². The summed E-state index contributed by atoms with van der Waals surface area (Å²) in [6, 6.07) is 7.29. The molecule has 0 radical (unpaired) electrons. The number of hydrogen-bond donors (Lipinski definition) is 1. The van der Waals surface area contributed by atoms with Crippen molar-refractivity contribution in [3.8, 4) is 6.07 Å². The topological polar surface area (TPSA) is 62.1 Å². The molecule has 1 amide bonds. The molecule has 1 aromatic rings. The number of benzene rings is 1. The molecular formula is C14H18N2O2. The average Bonchev–Trinajstić information content (AvgIpc) is 2.37. The fourth-order valence-corrected chi connectivity index (χ4v) is 1.45. The number of ether oxygens (including phenoxy) is 1. The maximum absolute atomic E-state index is 11.7. The highest BCUT2D eigenvalue weighted by molar-refractivity contribution is 5.91. The van der Waals surface area contributed by atoms with Crippen molar-refractivity contribution in [2.24, 2.45) is 0 Å². The van der Waals surface area contributed by atoms with E-state index < -0.39 is 0 Å². The van der Waals surface area contributed by atoms with Gasteiger partial charge < -0.3 is 10.1 Å². The van der Waals surface area contributed by atoms with Crippen molar-refractivity contribution < 1.29 is 9.53 Å². The van der Waals surface area contributed by atoms with E-state index in [1.165, 1.54) is 0 Å². The van der Waals surface area contributed by atoms with Crippen LogP contribution in [0.1, 0.15) is 30.9 Å². The average molecular weight is 246 g/mol. The summed E-state index contributed by atoms with van der Waals surface area (Å²) >= 11 is 0. The molecule has 0 bridgehead atoms. The molecule has 4 nitrogen and oxygen atoms in total. The van der Waals surface area contributed by atoms with Gasteiger partial charge in [-0.1, -0.05) is 13.0 Å². The summed E-state index contributed by atoms with van der Waals surface area (Å²) in [5, 5.41) is 11.6. The maximum atomic E-state index is 11.7. The number of amides is 1. The quantitative estimate of drug-likeness (QED) is 0.785. The zero-order valence-electron chi connectivity index (χ0n) is 10.8. The second-order valence-corrected chi connectivity index (χ2v) is 4.05. The van der Waals surface area contributed by atoms with E-state index in [4.69, 9.17) is 10.00 Å². The molecule has 0 saturated heterocycles. The molecule has 0 saturated carbocycles. The van der Waals surface area contributed by atoms with Crippen molar-refractivity contribution in [1.29, 1.82) is 5.26 Å². The number of carbonyl (C=O) groups is 1. The molecule has 1 aromatic carbocycles. The molecular weight excluding hydrogens is 228 g/mol. The molecule has 0 unspecified atom stereocenters. The van der Waals surface area contributed by atoms with E-state index in [9.17, 15) is 4.79 Å². The maximum Gasteiger partial charge on any atom is 0.226 e. The molecule has 4 heteroatoms. The molecule has 0 atom stereocenters. The van der Waals surface area contributed by atoms with Gasteiger partial charge in [0.2, 0.25) is 5.91 Å². The molecule has 0 aromatic heterocycles. The van der Waals surface area contributed by atoms with Crippen LogP contribution in [0, 0.1) is 18.3 Å². The Bertz CT molecular complexity index is 450. The largest absolute Gasteiger partial charge is 0.381 e. The second kappa shape index (κ2) is 7.46. The van der Waals surface area contributed by atoms with E-state index in [-0.39, 0.29) is 5.91 Å². The molecule has 96 valence electrons. The monoisotopic (exact) mass is 246 g/mol. The Morgan fingerprint density at radius 2 is 2.22 bits per heavy atom. The predicted molar refractivity (Wildman–Crippen MR) is 70.3 cm³/mol. The third kappa shape index (κ3) is 4.56. The van der Waals surface area contributed by atoms with Crippen LogP contribution in [0.15, 0.2) is 18.2 Å². The van der Waals surface area contributed by atoms with Crippen molar-refractivity contribution in [1.82, 2.24) is 0 Å². The van der Waals surface area contributed by atoms with E-state index in [0.29, 0.717) is 30.9 Å². The Labute approximate surface area is 108 Å². The highest BCUT2D eigenvalue weighted by Gasteiger charge is 2.05. The number of hydrogen-bond acceptors (Lipinski definition) is 3. The van der Waals surface area contributed by atoms with Gasteiger partial charge in [0.15, 0.2) is 0 Å². The SMILES string of the molecule is CCCOCCC(=O)Nc1cc(C#N)ccc1C. The smallest absolute Gasteiger partial charge is 0.226 e.